The number of carbonyl (C=O) groups excluding carboxylic acids is 7. The number of anilines is 2. The highest BCUT2D eigenvalue weighted by atomic mass is 35.5. The lowest BCUT2D eigenvalue weighted by molar-refractivity contribution is -0.193. The predicted octanol–water partition coefficient (Wildman–Crippen LogP) is 8.99. The van der Waals surface area contributed by atoms with Crippen molar-refractivity contribution in [3.05, 3.63) is 119 Å². The van der Waals surface area contributed by atoms with Gasteiger partial charge in [-0.25, -0.2) is 0 Å². The van der Waals surface area contributed by atoms with Crippen molar-refractivity contribution in [2.45, 2.75) is 139 Å². The molecule has 454 valence electrons. The average Bonchev–Trinajstić information content (AvgIpc) is 1.69. The lowest BCUT2D eigenvalue weighted by atomic mass is 9.89. The van der Waals surface area contributed by atoms with Crippen LogP contribution in [0.4, 0.5) is 37.7 Å². The highest BCUT2D eigenvalue weighted by Crippen LogP contribution is 2.58. The fourth-order valence-corrected chi connectivity index (χ4v) is 13.2. The maximum absolute atomic E-state index is 13.5. The fraction of sp³-hybridized carbons (Fsp3) is 0.468. The number of aromatic nitrogens is 4. The zero-order valence-corrected chi connectivity index (χ0v) is 48.2. The summed E-state index contributed by atoms with van der Waals surface area (Å²) in [7, 11) is 0. The van der Waals surface area contributed by atoms with Crippen LogP contribution in [0.5, 0.6) is 0 Å². The van der Waals surface area contributed by atoms with E-state index in [-0.39, 0.29) is 105 Å². The van der Waals surface area contributed by atoms with Crippen LogP contribution in [0.15, 0.2) is 85.5 Å². The van der Waals surface area contributed by atoms with Crippen LogP contribution >= 0.6 is 12.4 Å². The van der Waals surface area contributed by atoms with Crippen LogP contribution in [0.3, 0.4) is 0 Å². The Labute approximate surface area is 496 Å². The van der Waals surface area contributed by atoms with Gasteiger partial charge in [0.25, 0.3) is 11.8 Å². The molecule has 14 rings (SSSR count). The molecule has 8 heterocycles. The average molecular weight is 1210 g/mol. The van der Waals surface area contributed by atoms with E-state index in [0.29, 0.717) is 49.2 Å². The van der Waals surface area contributed by atoms with Gasteiger partial charge in [0.1, 0.15) is 23.8 Å². The highest BCUT2D eigenvalue weighted by Gasteiger charge is 2.64. The number of nitrogens with one attached hydrogen (secondary N) is 3. The minimum atomic E-state index is -4.31. The van der Waals surface area contributed by atoms with Crippen LogP contribution in [0.1, 0.15) is 134 Å². The second-order valence-electron chi connectivity index (χ2n) is 24.7. The number of benzene rings is 4. The Morgan fingerprint density at radius 1 is 0.593 bits per heavy atom. The van der Waals surface area contributed by atoms with Crippen molar-refractivity contribution in [1.29, 1.82) is 0 Å². The van der Waals surface area contributed by atoms with Gasteiger partial charge in [0, 0.05) is 79.6 Å². The Morgan fingerprint density at radius 2 is 1.05 bits per heavy atom. The molecular formula is C62H65ClF6N10O7. The summed E-state index contributed by atoms with van der Waals surface area (Å²) in [6, 6.07) is 17.8. The van der Waals surface area contributed by atoms with E-state index in [1.807, 2.05) is 82.8 Å². The number of piperidine rings is 4. The summed E-state index contributed by atoms with van der Waals surface area (Å²) >= 11 is 0. The topological polar surface area (TPSA) is 201 Å². The minimum absolute atomic E-state index is 0. The lowest BCUT2D eigenvalue weighted by Gasteiger charge is -2.41. The molecule has 2 aromatic heterocycles. The van der Waals surface area contributed by atoms with Gasteiger partial charge in [-0.1, -0.05) is 36.4 Å². The van der Waals surface area contributed by atoms with E-state index in [2.05, 4.69) is 50.9 Å². The molecule has 6 fully saturated rings. The van der Waals surface area contributed by atoms with Crippen LogP contribution < -0.4 is 25.8 Å². The molecule has 17 nitrogen and oxygen atoms in total. The lowest BCUT2D eigenvalue weighted by Crippen LogP contribution is -2.53. The molecule has 24 heteroatoms. The maximum atomic E-state index is 13.5. The minimum Gasteiger partial charge on any atom is -0.317 e. The van der Waals surface area contributed by atoms with Crippen molar-refractivity contribution in [2.24, 2.45) is 10.8 Å². The second-order valence-corrected chi connectivity index (χ2v) is 24.7. The number of carbonyl (C=O) groups is 7. The quantitative estimate of drug-likeness (QED) is 0.0635. The summed E-state index contributed by atoms with van der Waals surface area (Å²) in [5.41, 5.74) is 3.13. The molecule has 0 spiro atoms. The van der Waals surface area contributed by atoms with Gasteiger partial charge in [-0.05, 0) is 148 Å². The number of alkyl halides is 6. The molecule has 3 N–H and O–H groups in total. The molecule has 8 aliphatic rings. The maximum Gasteiger partial charge on any atom is 0.401 e. The van der Waals surface area contributed by atoms with E-state index >= 15 is 0 Å². The van der Waals surface area contributed by atoms with Crippen molar-refractivity contribution >= 4 is 87.1 Å². The molecule has 0 bridgehead atoms. The van der Waals surface area contributed by atoms with Gasteiger partial charge in [-0.3, -0.25) is 58.6 Å². The Hall–Kier alpha value is -7.50. The van der Waals surface area contributed by atoms with Crippen molar-refractivity contribution in [3.63, 3.8) is 0 Å². The standard InChI is InChI=1S/C31H32F3N5O3.C26H27N5O3.C5H5F3O.ClH/c1-29(11-13-37(14-12-29)18-30(9-10-30)31(32,33)34)38-17-19(16-35-38)15-20-5-6-23-26-21(20)3-2-4-22(26)28(42)39(23)24-7-8-25(40)36-27(24)41;1-26(9-11-27-12-10-26)30-15-16(14-28-30)13-17-5-6-20-23-18(17)3-2-4-19(23)25(34)31(20)21-7-8-22(32)29-24(21)33;6-5(7,8)4(3-9)1-2-4;/h2-6,16-17,24H,7-15,18H2,1H3,(H,36,40,41);2-6,14-15,21,27H,7-13H2,1H3,(H,29,32,33);3H,1-2H2;1H. The first-order valence-electron chi connectivity index (χ1n) is 29.0. The molecule has 4 aromatic carbocycles. The van der Waals surface area contributed by atoms with Crippen molar-refractivity contribution in [2.75, 3.05) is 42.5 Å². The van der Waals surface area contributed by atoms with Crippen molar-refractivity contribution in [3.8, 4) is 0 Å². The first kappa shape index (κ1) is 60.2. The highest BCUT2D eigenvalue weighted by molar-refractivity contribution is 6.28. The third kappa shape index (κ3) is 10.8. The van der Waals surface area contributed by atoms with E-state index < -0.39 is 47.1 Å². The Kier molecular flexibility index (Phi) is 15.6. The third-order valence-corrected chi connectivity index (χ3v) is 19.0. The van der Waals surface area contributed by atoms with E-state index in [1.165, 1.54) is 4.90 Å². The Bertz CT molecular complexity index is 3730. The van der Waals surface area contributed by atoms with Crippen molar-refractivity contribution < 1.29 is 59.9 Å². The molecule has 2 atom stereocenters. The molecule has 6 aliphatic heterocycles. The first-order chi connectivity index (χ1) is 40.4. The van der Waals surface area contributed by atoms with E-state index in [4.69, 9.17) is 0 Å². The molecule has 6 amide bonds. The monoisotopic (exact) mass is 1210 g/mol. The van der Waals surface area contributed by atoms with Gasteiger partial charge < -0.3 is 15.0 Å². The number of halogens is 7. The largest absolute Gasteiger partial charge is 0.401 e. The molecule has 86 heavy (non-hydrogen) atoms. The van der Waals surface area contributed by atoms with Crippen LogP contribution in [0.25, 0.3) is 21.5 Å². The number of amides is 6. The fourth-order valence-electron chi connectivity index (χ4n) is 13.2. The van der Waals surface area contributed by atoms with Crippen LogP contribution in [-0.2, 0) is 47.9 Å². The van der Waals surface area contributed by atoms with E-state index in [9.17, 15) is 59.9 Å². The summed E-state index contributed by atoms with van der Waals surface area (Å²) in [6.07, 6.45) is 5.80. The molecular weight excluding hydrogens is 1150 g/mol. The van der Waals surface area contributed by atoms with E-state index in [1.54, 1.807) is 11.0 Å². The van der Waals surface area contributed by atoms with Gasteiger partial charge in [0.15, 0.2) is 0 Å². The molecule has 2 unspecified atom stereocenters. The van der Waals surface area contributed by atoms with Gasteiger partial charge in [-0.2, -0.15) is 36.5 Å². The predicted molar refractivity (Wildman–Crippen MR) is 308 cm³/mol. The van der Waals surface area contributed by atoms with Gasteiger partial charge in [-0.15, -0.1) is 12.4 Å². The second kappa shape index (κ2) is 22.3. The normalized spacial score (nSPS) is 22.6. The number of likely N-dealkylation sites (tertiary alicyclic amines) is 1. The Balaban J connectivity index is 0.000000157. The van der Waals surface area contributed by atoms with Crippen LogP contribution in [0.2, 0.25) is 0 Å². The van der Waals surface area contributed by atoms with Gasteiger partial charge in [0.05, 0.1) is 40.3 Å². The van der Waals surface area contributed by atoms with Gasteiger partial charge >= 0.3 is 12.4 Å². The van der Waals surface area contributed by atoms with Crippen LogP contribution in [-0.4, -0.2) is 123 Å². The SMILES string of the molecule is CC1(n2cc(Cc3ccc4c5c(cccc35)C(=O)N4C3CCC(=O)NC3=O)cn2)CCN(CC2(C(F)(F)F)CC2)CC1.CC1(n2cc(Cc3ccc4c5c(cccc35)C(=O)N4C3CCC(=O)NC3=O)cn2)CCNCC1.Cl.O=CC1(C(F)(F)F)CC1. The summed E-state index contributed by atoms with van der Waals surface area (Å²) in [6.45, 7) is 7.68. The summed E-state index contributed by atoms with van der Waals surface area (Å²) in [4.78, 5) is 90.1. The zero-order valence-electron chi connectivity index (χ0n) is 47.4. The number of aldehydes is 1. The first-order valence-corrected chi connectivity index (χ1v) is 29.0. The molecule has 2 aliphatic carbocycles. The summed E-state index contributed by atoms with van der Waals surface area (Å²) in [5, 5.41) is 21.1. The number of imide groups is 2. The Morgan fingerprint density at radius 3 is 1.43 bits per heavy atom. The number of nitrogens with zero attached hydrogens (tertiary/aromatic N) is 7. The molecule has 6 aromatic rings. The van der Waals surface area contributed by atoms with Gasteiger partial charge in [0.2, 0.25) is 23.6 Å². The number of hydrogen-bond acceptors (Lipinski definition) is 11. The van der Waals surface area contributed by atoms with E-state index in [0.717, 1.165) is 88.3 Å². The summed E-state index contributed by atoms with van der Waals surface area (Å²) in [5.74, 6) is -1.90. The molecule has 0 radical (unpaired) electrons. The zero-order chi connectivity index (χ0) is 60.0. The van der Waals surface area contributed by atoms with Crippen molar-refractivity contribution in [1.82, 2.24) is 40.4 Å². The third-order valence-electron chi connectivity index (χ3n) is 19.0. The summed E-state index contributed by atoms with van der Waals surface area (Å²) < 4.78 is 79.4. The molecule has 4 saturated heterocycles. The smallest absolute Gasteiger partial charge is 0.317 e. The molecule has 2 saturated carbocycles. The number of rotatable bonds is 11. The number of hydrogen-bond donors (Lipinski definition) is 3. The van der Waals surface area contributed by atoms with Crippen LogP contribution in [0, 0.1) is 10.8 Å².